The predicted octanol–water partition coefficient (Wildman–Crippen LogP) is 3.43. The zero-order valence-corrected chi connectivity index (χ0v) is 11.7. The molecule has 0 amide bonds. The molecule has 0 aliphatic heterocycles. The lowest BCUT2D eigenvalue weighted by Crippen LogP contribution is -2.29. The Kier molecular flexibility index (Phi) is 4.17. The number of hydrogen-bond donors (Lipinski definition) is 2. The van der Waals surface area contributed by atoms with E-state index < -0.39 is 11.8 Å². The van der Waals surface area contributed by atoms with Gasteiger partial charge in [0.25, 0.3) is 0 Å². The van der Waals surface area contributed by atoms with Crippen LogP contribution in [0.1, 0.15) is 30.1 Å². The largest absolute Gasteiger partial charge is 0.387 e. The minimum atomic E-state index is -1.07. The summed E-state index contributed by atoms with van der Waals surface area (Å²) >= 11 is 12.1. The fraction of sp³-hybridized carbons (Fsp3) is 0.538. The summed E-state index contributed by atoms with van der Waals surface area (Å²) in [5.74, 6) is 0. The lowest BCUT2D eigenvalue weighted by atomic mass is 10.1. The Morgan fingerprint density at radius 2 is 1.94 bits per heavy atom. The van der Waals surface area contributed by atoms with Crippen LogP contribution in [0.5, 0.6) is 0 Å². The second-order valence-electron chi connectivity index (χ2n) is 4.94. The molecule has 0 bridgehead atoms. The van der Waals surface area contributed by atoms with Crippen molar-refractivity contribution in [3.8, 4) is 0 Å². The van der Waals surface area contributed by atoms with Crippen LogP contribution in [0.2, 0.25) is 10.0 Å². The third-order valence-electron chi connectivity index (χ3n) is 3.13. The average molecular weight is 292 g/mol. The van der Waals surface area contributed by atoms with E-state index in [-0.39, 0.29) is 13.1 Å². The smallest absolute Gasteiger partial charge is 0.123 e. The van der Waals surface area contributed by atoms with Crippen molar-refractivity contribution in [3.05, 3.63) is 33.3 Å². The number of aliphatic hydroxyl groups is 1. The standard InChI is InChI=1S/C13H16Cl2FNO/c1-8-4-9(14)12(10(15)5-8)11(18)6-17-7-13(16)2-3-13/h4-5,11,17-18H,2-3,6-7H2,1H3. The van der Waals surface area contributed by atoms with Gasteiger partial charge >= 0.3 is 0 Å². The molecular weight excluding hydrogens is 276 g/mol. The van der Waals surface area contributed by atoms with Crippen LogP contribution in [0.3, 0.4) is 0 Å². The van der Waals surface area contributed by atoms with E-state index in [1.807, 2.05) is 6.92 Å². The fourth-order valence-electron chi connectivity index (χ4n) is 1.88. The second-order valence-corrected chi connectivity index (χ2v) is 5.75. The van der Waals surface area contributed by atoms with Crippen molar-refractivity contribution in [2.45, 2.75) is 31.5 Å². The van der Waals surface area contributed by atoms with E-state index >= 15 is 0 Å². The molecule has 2 N–H and O–H groups in total. The molecule has 5 heteroatoms. The van der Waals surface area contributed by atoms with Crippen molar-refractivity contribution < 1.29 is 9.50 Å². The van der Waals surface area contributed by atoms with Crippen molar-refractivity contribution in [1.82, 2.24) is 5.32 Å². The number of rotatable bonds is 5. The Morgan fingerprint density at radius 3 is 2.44 bits per heavy atom. The number of alkyl halides is 1. The molecule has 1 unspecified atom stereocenters. The molecule has 2 nitrogen and oxygen atoms in total. The maximum atomic E-state index is 13.4. The first kappa shape index (κ1) is 14.1. The first-order valence-corrected chi connectivity index (χ1v) is 6.70. The van der Waals surface area contributed by atoms with Crippen LogP contribution >= 0.6 is 23.2 Å². The van der Waals surface area contributed by atoms with Gasteiger partial charge in [-0.15, -0.1) is 0 Å². The normalized spacial score (nSPS) is 18.7. The lowest BCUT2D eigenvalue weighted by molar-refractivity contribution is 0.168. The molecule has 1 aromatic carbocycles. The number of aryl methyl sites for hydroxylation is 1. The Labute approximate surface area is 116 Å². The summed E-state index contributed by atoms with van der Waals surface area (Å²) < 4.78 is 13.4. The molecule has 1 atom stereocenters. The fourth-order valence-corrected chi connectivity index (χ4v) is 2.72. The molecule has 2 rings (SSSR count). The molecule has 1 aliphatic carbocycles. The first-order valence-electron chi connectivity index (χ1n) is 5.94. The van der Waals surface area contributed by atoms with Gasteiger partial charge in [-0.1, -0.05) is 23.2 Å². The second kappa shape index (κ2) is 5.33. The summed E-state index contributed by atoms with van der Waals surface area (Å²) in [6.07, 6.45) is 0.373. The molecule has 1 aliphatic rings. The van der Waals surface area contributed by atoms with E-state index in [4.69, 9.17) is 23.2 Å². The number of nitrogens with one attached hydrogen (secondary N) is 1. The highest BCUT2D eigenvalue weighted by molar-refractivity contribution is 6.36. The van der Waals surface area contributed by atoms with E-state index in [9.17, 15) is 9.50 Å². The molecule has 0 radical (unpaired) electrons. The zero-order valence-electron chi connectivity index (χ0n) is 10.1. The average Bonchev–Trinajstić information content (AvgIpc) is 2.94. The third kappa shape index (κ3) is 3.35. The summed E-state index contributed by atoms with van der Waals surface area (Å²) in [4.78, 5) is 0. The van der Waals surface area contributed by atoms with E-state index in [1.165, 1.54) is 0 Å². The van der Waals surface area contributed by atoms with Crippen LogP contribution < -0.4 is 5.32 Å². The number of benzene rings is 1. The molecule has 18 heavy (non-hydrogen) atoms. The van der Waals surface area contributed by atoms with Gasteiger partial charge in [0.05, 0.1) is 6.10 Å². The highest BCUT2D eigenvalue weighted by atomic mass is 35.5. The molecule has 100 valence electrons. The van der Waals surface area contributed by atoms with E-state index in [0.29, 0.717) is 28.5 Å². The van der Waals surface area contributed by atoms with Gasteiger partial charge < -0.3 is 10.4 Å². The Balaban J connectivity index is 1.97. The molecule has 0 spiro atoms. The van der Waals surface area contributed by atoms with Crippen LogP contribution in [0.4, 0.5) is 4.39 Å². The van der Waals surface area contributed by atoms with Gasteiger partial charge in [0, 0.05) is 28.7 Å². The molecule has 1 aromatic rings. The summed E-state index contributed by atoms with van der Waals surface area (Å²) in [7, 11) is 0. The predicted molar refractivity (Wildman–Crippen MR) is 72.1 cm³/mol. The van der Waals surface area contributed by atoms with Gasteiger partial charge in [-0.25, -0.2) is 4.39 Å². The summed E-state index contributed by atoms with van der Waals surface area (Å²) in [5, 5.41) is 13.8. The van der Waals surface area contributed by atoms with Gasteiger partial charge in [0.1, 0.15) is 5.67 Å². The monoisotopic (exact) mass is 291 g/mol. The minimum absolute atomic E-state index is 0.244. The molecular formula is C13H16Cl2FNO. The Morgan fingerprint density at radius 1 is 1.39 bits per heavy atom. The number of hydrogen-bond acceptors (Lipinski definition) is 2. The molecule has 0 heterocycles. The summed E-state index contributed by atoms with van der Waals surface area (Å²) in [6.45, 7) is 2.39. The summed E-state index contributed by atoms with van der Waals surface area (Å²) in [5.41, 5.74) is 0.371. The first-order chi connectivity index (χ1) is 8.41. The molecule has 0 saturated heterocycles. The zero-order chi connectivity index (χ0) is 13.3. The quantitative estimate of drug-likeness (QED) is 0.871. The van der Waals surface area contributed by atoms with Crippen molar-refractivity contribution in [2.75, 3.05) is 13.1 Å². The molecule has 1 fully saturated rings. The number of aliphatic hydroxyl groups excluding tert-OH is 1. The highest BCUT2D eigenvalue weighted by Gasteiger charge is 2.42. The van der Waals surface area contributed by atoms with Gasteiger partial charge in [-0.05, 0) is 37.5 Å². The van der Waals surface area contributed by atoms with Crippen LogP contribution in [0.25, 0.3) is 0 Å². The van der Waals surface area contributed by atoms with Crippen LogP contribution in [-0.2, 0) is 0 Å². The van der Waals surface area contributed by atoms with Crippen molar-refractivity contribution in [2.24, 2.45) is 0 Å². The van der Waals surface area contributed by atoms with Crippen molar-refractivity contribution >= 4 is 23.2 Å². The topological polar surface area (TPSA) is 32.3 Å². The van der Waals surface area contributed by atoms with Gasteiger partial charge in [0.15, 0.2) is 0 Å². The highest BCUT2D eigenvalue weighted by Crippen LogP contribution is 2.39. The third-order valence-corrected chi connectivity index (χ3v) is 3.75. The van der Waals surface area contributed by atoms with Gasteiger partial charge in [-0.3, -0.25) is 0 Å². The maximum absolute atomic E-state index is 13.4. The van der Waals surface area contributed by atoms with Crippen LogP contribution in [0.15, 0.2) is 12.1 Å². The maximum Gasteiger partial charge on any atom is 0.123 e. The number of halogens is 3. The van der Waals surface area contributed by atoms with Crippen LogP contribution in [-0.4, -0.2) is 23.9 Å². The van der Waals surface area contributed by atoms with Gasteiger partial charge in [0.2, 0.25) is 0 Å². The Hall–Kier alpha value is -0.350. The lowest BCUT2D eigenvalue weighted by Gasteiger charge is -2.16. The molecule has 0 aromatic heterocycles. The van der Waals surface area contributed by atoms with E-state index in [1.54, 1.807) is 12.1 Å². The van der Waals surface area contributed by atoms with Crippen molar-refractivity contribution in [3.63, 3.8) is 0 Å². The van der Waals surface area contributed by atoms with Gasteiger partial charge in [-0.2, -0.15) is 0 Å². The SMILES string of the molecule is Cc1cc(Cl)c(C(O)CNCC2(F)CC2)c(Cl)c1. The molecule has 1 saturated carbocycles. The van der Waals surface area contributed by atoms with E-state index in [0.717, 1.165) is 5.56 Å². The van der Waals surface area contributed by atoms with Crippen molar-refractivity contribution in [1.29, 1.82) is 0 Å². The summed E-state index contributed by atoms with van der Waals surface area (Å²) in [6, 6.07) is 3.51. The van der Waals surface area contributed by atoms with E-state index in [2.05, 4.69) is 5.32 Å². The minimum Gasteiger partial charge on any atom is -0.387 e. The Bertz CT molecular complexity index is 426. The van der Waals surface area contributed by atoms with Crippen LogP contribution in [0, 0.1) is 6.92 Å².